The number of hydrogen-bond donors (Lipinski definition) is 0. The SMILES string of the molecule is CC(C)Oc1nnc2cc(Cl)cc(Cl)c2n1. The maximum Gasteiger partial charge on any atom is 0.336 e. The topological polar surface area (TPSA) is 47.9 Å². The molecule has 0 saturated carbocycles. The van der Waals surface area contributed by atoms with Gasteiger partial charge >= 0.3 is 6.01 Å². The molecule has 0 aliphatic rings. The smallest absolute Gasteiger partial charge is 0.336 e. The fraction of sp³-hybridized carbons (Fsp3) is 0.300. The van der Waals surface area contributed by atoms with Gasteiger partial charge in [0.15, 0.2) is 0 Å². The number of fused-ring (bicyclic) bond motifs is 1. The molecule has 1 heterocycles. The van der Waals surface area contributed by atoms with Crippen molar-refractivity contribution in [2.75, 3.05) is 0 Å². The van der Waals surface area contributed by atoms with E-state index < -0.39 is 0 Å². The number of rotatable bonds is 2. The Morgan fingerprint density at radius 1 is 1.19 bits per heavy atom. The summed E-state index contributed by atoms with van der Waals surface area (Å²) in [5.41, 5.74) is 1.09. The van der Waals surface area contributed by atoms with Gasteiger partial charge in [-0.1, -0.05) is 28.3 Å². The van der Waals surface area contributed by atoms with Crippen molar-refractivity contribution >= 4 is 34.2 Å². The maximum atomic E-state index is 6.00. The molecule has 2 rings (SSSR count). The van der Waals surface area contributed by atoms with Gasteiger partial charge in [-0.25, -0.2) is 0 Å². The molecule has 16 heavy (non-hydrogen) atoms. The summed E-state index contributed by atoms with van der Waals surface area (Å²) in [5, 5.41) is 8.72. The Labute approximate surface area is 103 Å². The van der Waals surface area contributed by atoms with Crippen molar-refractivity contribution in [3.63, 3.8) is 0 Å². The third-order valence-electron chi connectivity index (χ3n) is 1.80. The van der Waals surface area contributed by atoms with Crippen molar-refractivity contribution in [2.24, 2.45) is 0 Å². The maximum absolute atomic E-state index is 6.00. The molecule has 4 nitrogen and oxygen atoms in total. The zero-order valence-electron chi connectivity index (χ0n) is 8.74. The van der Waals surface area contributed by atoms with Gasteiger partial charge in [-0.05, 0) is 26.0 Å². The Kier molecular flexibility index (Phi) is 3.12. The zero-order valence-corrected chi connectivity index (χ0v) is 10.2. The van der Waals surface area contributed by atoms with Crippen molar-refractivity contribution in [1.82, 2.24) is 15.2 Å². The molecule has 6 heteroatoms. The van der Waals surface area contributed by atoms with E-state index in [1.165, 1.54) is 0 Å². The van der Waals surface area contributed by atoms with Gasteiger partial charge in [0.2, 0.25) is 0 Å². The minimum absolute atomic E-state index is 0.00896. The lowest BCUT2D eigenvalue weighted by Crippen LogP contribution is -2.09. The van der Waals surface area contributed by atoms with Crippen LogP contribution in [0.15, 0.2) is 12.1 Å². The lowest BCUT2D eigenvalue weighted by Gasteiger charge is -2.07. The molecule has 2 aromatic rings. The lowest BCUT2D eigenvalue weighted by molar-refractivity contribution is 0.220. The van der Waals surface area contributed by atoms with Crippen LogP contribution in [-0.2, 0) is 0 Å². The average Bonchev–Trinajstić information content (AvgIpc) is 2.18. The van der Waals surface area contributed by atoms with Crippen LogP contribution in [-0.4, -0.2) is 21.3 Å². The highest BCUT2D eigenvalue weighted by molar-refractivity contribution is 6.38. The van der Waals surface area contributed by atoms with Gasteiger partial charge in [-0.2, -0.15) is 4.98 Å². The van der Waals surface area contributed by atoms with E-state index in [9.17, 15) is 0 Å². The molecule has 0 spiro atoms. The third kappa shape index (κ3) is 2.33. The number of hydrogen-bond acceptors (Lipinski definition) is 4. The van der Waals surface area contributed by atoms with Crippen molar-refractivity contribution in [2.45, 2.75) is 20.0 Å². The van der Waals surface area contributed by atoms with Crippen LogP contribution in [0, 0.1) is 0 Å². The van der Waals surface area contributed by atoms with Crippen LogP contribution in [0.25, 0.3) is 11.0 Å². The van der Waals surface area contributed by atoms with Gasteiger partial charge in [-0.3, -0.25) is 0 Å². The summed E-state index contributed by atoms with van der Waals surface area (Å²) in [6, 6.07) is 3.48. The second kappa shape index (κ2) is 4.39. The molecule has 0 aliphatic carbocycles. The van der Waals surface area contributed by atoms with Gasteiger partial charge in [0, 0.05) is 5.02 Å². The molecule has 0 fully saturated rings. The van der Waals surface area contributed by atoms with Gasteiger partial charge in [-0.15, -0.1) is 5.10 Å². The minimum atomic E-state index is -0.00896. The van der Waals surface area contributed by atoms with Crippen molar-refractivity contribution in [3.05, 3.63) is 22.2 Å². The Bertz CT molecular complexity index is 531. The van der Waals surface area contributed by atoms with Crippen molar-refractivity contribution < 1.29 is 4.74 Å². The fourth-order valence-corrected chi connectivity index (χ4v) is 1.74. The molecular weight excluding hydrogens is 249 g/mol. The van der Waals surface area contributed by atoms with Gasteiger partial charge in [0.25, 0.3) is 0 Å². The average molecular weight is 258 g/mol. The summed E-state index contributed by atoms with van der Waals surface area (Å²) in [6.45, 7) is 3.77. The molecule has 0 radical (unpaired) electrons. The number of nitrogens with zero attached hydrogens (tertiary/aromatic N) is 3. The molecule has 0 amide bonds. The lowest BCUT2D eigenvalue weighted by atomic mass is 10.3. The molecule has 0 aliphatic heterocycles. The summed E-state index contributed by atoms with van der Waals surface area (Å²) < 4.78 is 5.33. The van der Waals surface area contributed by atoms with Gasteiger partial charge in [0.05, 0.1) is 11.1 Å². The zero-order chi connectivity index (χ0) is 11.7. The number of ether oxygens (including phenoxy) is 1. The Hall–Kier alpha value is -1.13. The predicted octanol–water partition coefficient (Wildman–Crippen LogP) is 3.12. The Morgan fingerprint density at radius 3 is 2.62 bits per heavy atom. The van der Waals surface area contributed by atoms with Crippen LogP contribution in [0.4, 0.5) is 0 Å². The van der Waals surface area contributed by atoms with E-state index in [0.717, 1.165) is 0 Å². The van der Waals surface area contributed by atoms with Crippen LogP contribution in [0.3, 0.4) is 0 Å². The van der Waals surface area contributed by atoms with E-state index in [1.807, 2.05) is 13.8 Å². The van der Waals surface area contributed by atoms with E-state index in [2.05, 4.69) is 15.2 Å². The van der Waals surface area contributed by atoms with E-state index in [4.69, 9.17) is 27.9 Å². The summed E-state index contributed by atoms with van der Waals surface area (Å²) in [6.07, 6.45) is -0.00896. The Balaban J connectivity index is 2.53. The second-order valence-electron chi connectivity index (χ2n) is 3.52. The van der Waals surface area contributed by atoms with E-state index in [1.54, 1.807) is 12.1 Å². The first-order chi connectivity index (χ1) is 7.56. The first-order valence-corrected chi connectivity index (χ1v) is 5.48. The van der Waals surface area contributed by atoms with Crippen molar-refractivity contribution in [3.8, 4) is 6.01 Å². The fourth-order valence-electron chi connectivity index (χ4n) is 1.21. The third-order valence-corrected chi connectivity index (χ3v) is 2.31. The molecule has 0 unspecified atom stereocenters. The highest BCUT2D eigenvalue weighted by atomic mass is 35.5. The van der Waals surface area contributed by atoms with E-state index in [-0.39, 0.29) is 12.1 Å². The molecule has 0 N–H and O–H groups in total. The van der Waals surface area contributed by atoms with E-state index >= 15 is 0 Å². The van der Waals surface area contributed by atoms with Crippen LogP contribution < -0.4 is 4.74 Å². The second-order valence-corrected chi connectivity index (χ2v) is 4.36. The highest BCUT2D eigenvalue weighted by Crippen LogP contribution is 2.25. The summed E-state index contributed by atoms with van der Waals surface area (Å²) in [5.74, 6) is 0. The van der Waals surface area contributed by atoms with E-state index in [0.29, 0.717) is 21.1 Å². The van der Waals surface area contributed by atoms with Gasteiger partial charge in [0.1, 0.15) is 11.0 Å². The van der Waals surface area contributed by atoms with Crippen molar-refractivity contribution in [1.29, 1.82) is 0 Å². The molecule has 1 aromatic heterocycles. The highest BCUT2D eigenvalue weighted by Gasteiger charge is 2.08. The quantitative estimate of drug-likeness (QED) is 0.830. The number of halogens is 2. The molecule has 0 bridgehead atoms. The molecule has 1 aromatic carbocycles. The monoisotopic (exact) mass is 257 g/mol. The van der Waals surface area contributed by atoms with Crippen LogP contribution >= 0.6 is 23.2 Å². The molecule has 84 valence electrons. The molecule has 0 saturated heterocycles. The first kappa shape index (κ1) is 11.4. The number of benzene rings is 1. The Morgan fingerprint density at radius 2 is 1.94 bits per heavy atom. The standard InChI is InChI=1S/C10H9Cl2N3O/c1-5(2)16-10-13-9-7(12)3-6(11)4-8(9)14-15-10/h3-5H,1-2H3. The minimum Gasteiger partial charge on any atom is -0.460 e. The number of aromatic nitrogens is 3. The summed E-state index contributed by atoms with van der Waals surface area (Å²) >= 11 is 11.8. The normalized spacial score (nSPS) is 11.1. The molecule has 0 atom stereocenters. The molecular formula is C10H9Cl2N3O. The van der Waals surface area contributed by atoms with Crippen LogP contribution in [0.1, 0.15) is 13.8 Å². The van der Waals surface area contributed by atoms with Crippen LogP contribution in [0.5, 0.6) is 6.01 Å². The van der Waals surface area contributed by atoms with Gasteiger partial charge < -0.3 is 4.74 Å². The first-order valence-electron chi connectivity index (χ1n) is 4.72. The van der Waals surface area contributed by atoms with Crippen LogP contribution in [0.2, 0.25) is 10.0 Å². The predicted molar refractivity (Wildman–Crippen MR) is 63.1 cm³/mol. The largest absolute Gasteiger partial charge is 0.460 e. The summed E-state index contributed by atoms with van der Waals surface area (Å²) in [4.78, 5) is 4.17. The summed E-state index contributed by atoms with van der Waals surface area (Å²) in [7, 11) is 0.